The van der Waals surface area contributed by atoms with E-state index in [0.717, 1.165) is 5.56 Å². The van der Waals surface area contributed by atoms with Crippen molar-refractivity contribution in [2.75, 3.05) is 13.2 Å². The molecule has 1 unspecified atom stereocenters. The van der Waals surface area contributed by atoms with Crippen molar-refractivity contribution in [1.82, 2.24) is 0 Å². The van der Waals surface area contributed by atoms with Crippen LogP contribution in [-0.2, 0) is 22.4 Å². The van der Waals surface area contributed by atoms with Crippen LogP contribution in [0.1, 0.15) is 51.0 Å². The summed E-state index contributed by atoms with van der Waals surface area (Å²) in [7, 11) is -4.46. The second kappa shape index (κ2) is 8.62. The van der Waals surface area contributed by atoms with E-state index in [1.54, 1.807) is 24.3 Å². The zero-order valence-electron chi connectivity index (χ0n) is 18.8. The van der Waals surface area contributed by atoms with Crippen molar-refractivity contribution in [1.29, 1.82) is 0 Å². The second-order valence-electron chi connectivity index (χ2n) is 9.68. The molecule has 0 spiro atoms. The molecule has 3 atom stereocenters. The fraction of sp³-hybridized carbons (Fsp3) is 0.455. The van der Waals surface area contributed by atoms with Gasteiger partial charge in [0.15, 0.2) is 0 Å². The minimum atomic E-state index is -5.68. The molecule has 0 amide bonds. The monoisotopic (exact) mass is 535 g/mol. The Labute approximate surface area is 204 Å². The number of halogens is 2. The molecule has 0 bridgehead atoms. The zero-order valence-corrected chi connectivity index (χ0v) is 22.1. The van der Waals surface area contributed by atoms with E-state index in [9.17, 15) is 9.79 Å². The van der Waals surface area contributed by atoms with Crippen LogP contribution in [0, 0.1) is 10.8 Å². The molecule has 11 heteroatoms. The maximum absolute atomic E-state index is 13.8. The van der Waals surface area contributed by atoms with Gasteiger partial charge in [-0.15, -0.1) is 0 Å². The molecule has 0 saturated carbocycles. The van der Waals surface area contributed by atoms with E-state index in [1.807, 2.05) is 58.0 Å². The van der Waals surface area contributed by atoms with E-state index >= 15 is 0 Å². The van der Waals surface area contributed by atoms with Crippen LogP contribution in [-0.4, -0.2) is 13.2 Å². The van der Waals surface area contributed by atoms with Crippen LogP contribution in [0.3, 0.4) is 0 Å². The number of hydrogen-bond donors (Lipinski definition) is 0. The molecule has 7 nitrogen and oxygen atoms in total. The third-order valence-electron chi connectivity index (χ3n) is 5.69. The number of hydrogen-bond acceptors (Lipinski definition) is 7. The molecule has 2 aromatic carbocycles. The fourth-order valence-corrected chi connectivity index (χ4v) is 9.68. The Hall–Kier alpha value is -0.400. The summed E-state index contributed by atoms with van der Waals surface area (Å²) in [4.78, 5) is 27.4. The van der Waals surface area contributed by atoms with E-state index in [4.69, 9.17) is 45.2 Å². The Kier molecular flexibility index (Phi) is 6.71. The third-order valence-corrected chi connectivity index (χ3v) is 11.0. The molecule has 2 aliphatic heterocycles. The van der Waals surface area contributed by atoms with Gasteiger partial charge in [0.25, 0.3) is 0 Å². The first-order valence-electron chi connectivity index (χ1n) is 10.5. The average molecular weight is 536 g/mol. The summed E-state index contributed by atoms with van der Waals surface area (Å²) in [5.74, 6) is 0. The van der Waals surface area contributed by atoms with Crippen LogP contribution in [0.4, 0.5) is 0 Å². The summed E-state index contributed by atoms with van der Waals surface area (Å²) in [5.41, 5.74) is 0.0883. The first kappa shape index (κ1) is 25.7. The molecule has 33 heavy (non-hydrogen) atoms. The van der Waals surface area contributed by atoms with Gasteiger partial charge in [-0.2, -0.15) is 0 Å². The SMILES string of the molecule is CC1(C)CO[P+]([O-])(OP2([O-])(Cl)OCC(C)(C)[C@H](c3ccccc3Cl)O2)O[C@@H]1c1ccccc1. The van der Waals surface area contributed by atoms with Gasteiger partial charge in [0.2, 0.25) is 0 Å². The summed E-state index contributed by atoms with van der Waals surface area (Å²) in [6, 6.07) is 16.2. The Morgan fingerprint density at radius 2 is 1.58 bits per heavy atom. The van der Waals surface area contributed by atoms with Crippen LogP contribution in [0.5, 0.6) is 0 Å². The normalized spacial score (nSPS) is 33.5. The van der Waals surface area contributed by atoms with Crippen LogP contribution in [0.2, 0.25) is 5.02 Å². The summed E-state index contributed by atoms with van der Waals surface area (Å²) in [6.07, 6.45) is -1.54. The van der Waals surface area contributed by atoms with Crippen LogP contribution < -0.4 is 9.79 Å². The van der Waals surface area contributed by atoms with E-state index in [1.165, 1.54) is 0 Å². The molecule has 0 aromatic heterocycles. The molecule has 2 heterocycles. The van der Waals surface area contributed by atoms with Gasteiger partial charge >= 0.3 is 205 Å². The topological polar surface area (TPSA) is 92.3 Å². The van der Waals surface area contributed by atoms with Crippen LogP contribution in [0.15, 0.2) is 54.6 Å². The molecule has 2 aromatic rings. The Morgan fingerprint density at radius 1 is 0.970 bits per heavy atom. The molecule has 2 aliphatic rings. The maximum atomic E-state index is 13.8. The first-order chi connectivity index (χ1) is 15.2. The van der Waals surface area contributed by atoms with Crippen LogP contribution >= 0.6 is 37.9 Å². The van der Waals surface area contributed by atoms with Gasteiger partial charge in [-0.25, -0.2) is 0 Å². The molecule has 0 radical (unpaired) electrons. The number of phosphoric ester groups is 1. The number of rotatable bonds is 4. The van der Waals surface area contributed by atoms with Crippen molar-refractivity contribution in [3.63, 3.8) is 0 Å². The van der Waals surface area contributed by atoms with Gasteiger partial charge in [-0.3, -0.25) is 0 Å². The van der Waals surface area contributed by atoms with Gasteiger partial charge in [-0.1, -0.05) is 0 Å². The van der Waals surface area contributed by atoms with Gasteiger partial charge < -0.3 is 0 Å². The van der Waals surface area contributed by atoms with Crippen molar-refractivity contribution >= 4 is 37.9 Å². The summed E-state index contributed by atoms with van der Waals surface area (Å²) in [5, 5.41) is 0.398. The van der Waals surface area contributed by atoms with Crippen LogP contribution in [0.25, 0.3) is 0 Å². The Balaban J connectivity index is 1.63. The summed E-state index contributed by atoms with van der Waals surface area (Å²) >= 11 is 12.7. The van der Waals surface area contributed by atoms with Crippen molar-refractivity contribution in [3.05, 3.63) is 70.7 Å². The Bertz CT molecular complexity index is 1020. The predicted octanol–water partition coefficient (Wildman–Crippen LogP) is 6.05. The Morgan fingerprint density at radius 3 is 2.24 bits per heavy atom. The van der Waals surface area contributed by atoms with Gasteiger partial charge in [0.05, 0.1) is 0 Å². The fourth-order valence-electron chi connectivity index (χ4n) is 3.86. The van der Waals surface area contributed by atoms with Crippen molar-refractivity contribution in [3.8, 4) is 0 Å². The van der Waals surface area contributed by atoms with E-state index in [-0.39, 0.29) is 13.2 Å². The standard InChI is InChI=1S/C22H27Cl2O7P2/c1-21(2)14-27-32(25,29-19(21)16-10-6-5-7-11-16)31-33(24,26)28-15-22(3,4)20(30-33)17-12-8-9-13-18(17)23/h5-13,19-20H,14-15H2,1-4H3/q-1/t19-,20+,32?/m1/s1. The van der Waals surface area contributed by atoms with Gasteiger partial charge in [0.1, 0.15) is 0 Å². The van der Waals surface area contributed by atoms with Gasteiger partial charge in [-0.05, 0) is 0 Å². The zero-order chi connectivity index (χ0) is 24.1. The molecular weight excluding hydrogens is 509 g/mol. The van der Waals surface area contributed by atoms with Crippen molar-refractivity contribution in [2.45, 2.75) is 39.9 Å². The third kappa shape index (κ3) is 5.40. The molecule has 4 rings (SSSR count). The van der Waals surface area contributed by atoms with E-state index in [2.05, 4.69) is 0 Å². The van der Waals surface area contributed by atoms with Gasteiger partial charge in [0, 0.05) is 0 Å². The minimum absolute atomic E-state index is 0.00661. The molecule has 0 aliphatic carbocycles. The summed E-state index contributed by atoms with van der Waals surface area (Å²) in [6.45, 7) is 1.71. The molecule has 2 fully saturated rings. The number of phosphoric acid groups is 1. The van der Waals surface area contributed by atoms with E-state index < -0.39 is 38.1 Å². The molecule has 2 saturated heterocycles. The van der Waals surface area contributed by atoms with E-state index in [0.29, 0.717) is 10.6 Å². The molecular formula is C22H27Cl2O7P2-. The van der Waals surface area contributed by atoms with Crippen molar-refractivity contribution in [2.24, 2.45) is 10.8 Å². The quantitative estimate of drug-likeness (QED) is 0.440. The molecule has 182 valence electrons. The number of benzene rings is 2. The second-order valence-corrected chi connectivity index (χ2v) is 15.7. The van der Waals surface area contributed by atoms with Crippen molar-refractivity contribution < 1.29 is 32.2 Å². The molecule has 0 N–H and O–H groups in total. The average Bonchev–Trinajstić information content (AvgIpc) is 2.74. The predicted molar refractivity (Wildman–Crippen MR) is 126 cm³/mol. The summed E-state index contributed by atoms with van der Waals surface area (Å²) < 4.78 is 27.9. The first-order valence-corrected chi connectivity index (χ1v) is 15.1.